The van der Waals surface area contributed by atoms with Gasteiger partial charge in [0.15, 0.2) is 5.17 Å². The molecule has 1 N–H and O–H groups in total. The zero-order valence-electron chi connectivity index (χ0n) is 19.1. The molecule has 2 atom stereocenters. The third-order valence-corrected chi connectivity index (χ3v) is 4.91. The number of nitrogens with one attached hydrogen (secondary N) is 1. The van der Waals surface area contributed by atoms with E-state index >= 15 is 0 Å². The predicted molar refractivity (Wildman–Crippen MR) is 139 cm³/mol. The SMILES string of the molecule is C#CC=C.C=C/C=C\C=C(/C)[C@H]1N=C(SCc2cccc(C)c2)N[C@H]1/C=C/C.CC. The second-order valence-electron chi connectivity index (χ2n) is 6.25. The second kappa shape index (κ2) is 17.2. The van der Waals surface area contributed by atoms with Gasteiger partial charge in [0.05, 0.1) is 12.1 Å². The zero-order chi connectivity index (χ0) is 22.8. The van der Waals surface area contributed by atoms with E-state index in [1.54, 1.807) is 17.8 Å². The number of amidine groups is 1. The van der Waals surface area contributed by atoms with Crippen LogP contribution in [0, 0.1) is 19.3 Å². The van der Waals surface area contributed by atoms with E-state index in [1.165, 1.54) is 22.8 Å². The number of aliphatic imine (C=N–C) groups is 1. The van der Waals surface area contributed by atoms with Gasteiger partial charge in [0.25, 0.3) is 0 Å². The number of allylic oxidation sites excluding steroid dienone is 6. The number of aryl methyl sites for hydroxylation is 1. The molecule has 1 aromatic rings. The summed E-state index contributed by atoms with van der Waals surface area (Å²) in [6.45, 7) is 17.3. The maximum absolute atomic E-state index is 4.89. The number of hydrogen-bond acceptors (Lipinski definition) is 3. The Kier molecular flexibility index (Phi) is 15.6. The van der Waals surface area contributed by atoms with Gasteiger partial charge >= 0.3 is 0 Å². The molecule has 1 aliphatic heterocycles. The summed E-state index contributed by atoms with van der Waals surface area (Å²) in [4.78, 5) is 4.89. The van der Waals surface area contributed by atoms with Gasteiger partial charge in [0, 0.05) is 5.75 Å². The number of nitrogens with zero attached hydrogens (tertiary/aromatic N) is 1. The molecule has 0 radical (unpaired) electrons. The van der Waals surface area contributed by atoms with Crippen molar-refractivity contribution in [3.8, 4) is 12.3 Å². The monoisotopic (exact) mass is 420 g/mol. The second-order valence-corrected chi connectivity index (χ2v) is 7.22. The van der Waals surface area contributed by atoms with E-state index in [4.69, 9.17) is 4.99 Å². The molecule has 0 spiro atoms. The van der Waals surface area contributed by atoms with Gasteiger partial charge in [-0.1, -0.05) is 111 Å². The fraction of sp³-hybridized carbons (Fsp3) is 0.296. The van der Waals surface area contributed by atoms with Gasteiger partial charge in [-0.2, -0.15) is 0 Å². The van der Waals surface area contributed by atoms with Crippen LogP contribution in [0.5, 0.6) is 0 Å². The number of benzene rings is 1. The first-order valence-electron chi connectivity index (χ1n) is 10.2. The Morgan fingerprint density at radius 3 is 2.57 bits per heavy atom. The lowest BCUT2D eigenvalue weighted by Crippen LogP contribution is -2.32. The topological polar surface area (TPSA) is 24.4 Å². The first-order chi connectivity index (χ1) is 14.5. The predicted octanol–water partition coefficient (Wildman–Crippen LogP) is 7.02. The number of rotatable bonds is 6. The average molecular weight is 421 g/mol. The van der Waals surface area contributed by atoms with Crippen LogP contribution in [0.15, 0.2) is 90.5 Å². The van der Waals surface area contributed by atoms with Crippen LogP contribution in [-0.4, -0.2) is 17.3 Å². The number of hydrogen-bond donors (Lipinski definition) is 1. The summed E-state index contributed by atoms with van der Waals surface area (Å²) < 4.78 is 0. The molecule has 1 heterocycles. The van der Waals surface area contributed by atoms with Gasteiger partial charge in [-0.15, -0.1) is 6.42 Å². The summed E-state index contributed by atoms with van der Waals surface area (Å²) in [5.41, 5.74) is 3.87. The van der Waals surface area contributed by atoms with Crippen LogP contribution in [0.3, 0.4) is 0 Å². The molecular formula is C27H36N2S. The van der Waals surface area contributed by atoms with Crippen LogP contribution in [0.25, 0.3) is 0 Å². The maximum atomic E-state index is 4.89. The molecule has 30 heavy (non-hydrogen) atoms. The van der Waals surface area contributed by atoms with Gasteiger partial charge in [-0.05, 0) is 38.0 Å². The summed E-state index contributed by atoms with van der Waals surface area (Å²) in [6, 6.07) is 9.01. The fourth-order valence-corrected chi connectivity index (χ4v) is 3.52. The van der Waals surface area contributed by atoms with Crippen molar-refractivity contribution in [3.05, 3.63) is 96.7 Å². The molecule has 0 saturated heterocycles. The highest BCUT2D eigenvalue weighted by atomic mass is 32.2. The van der Waals surface area contributed by atoms with Crippen LogP contribution in [0.1, 0.15) is 38.8 Å². The Hall–Kier alpha value is -2.70. The molecule has 0 amide bonds. The lowest BCUT2D eigenvalue weighted by molar-refractivity contribution is 0.673. The standard InChI is InChI=1S/C21H26N2S.C4H4.C2H6/c1-5-7-8-12-17(4)20-19(10-6-2)22-21(23-20)24-15-18-13-9-11-16(3)14-18;1-3-4-2;1-2/h5-14,19-20H,1,15H2,2-4H3,(H,22,23);1,4H,2H2;1-2H3/b8-7-,10-6+,17-12+;;/t19-,20+;;/m0../s1. The molecule has 0 aromatic heterocycles. The molecular weight excluding hydrogens is 384 g/mol. The number of terminal acetylenes is 1. The third kappa shape index (κ3) is 10.7. The Bertz CT molecular complexity index is 806. The van der Waals surface area contributed by atoms with Crippen molar-refractivity contribution in [1.82, 2.24) is 5.32 Å². The van der Waals surface area contributed by atoms with Crippen LogP contribution in [-0.2, 0) is 5.75 Å². The lowest BCUT2D eigenvalue weighted by Gasteiger charge is -2.15. The highest BCUT2D eigenvalue weighted by molar-refractivity contribution is 8.13. The molecule has 0 saturated carbocycles. The minimum Gasteiger partial charge on any atom is -0.356 e. The van der Waals surface area contributed by atoms with Gasteiger partial charge < -0.3 is 5.32 Å². The molecule has 0 aliphatic carbocycles. The smallest absolute Gasteiger partial charge is 0.158 e. The molecule has 1 aromatic carbocycles. The first-order valence-corrected chi connectivity index (χ1v) is 11.2. The molecule has 0 fully saturated rings. The fourth-order valence-electron chi connectivity index (χ4n) is 2.63. The van der Waals surface area contributed by atoms with E-state index in [-0.39, 0.29) is 12.1 Å². The van der Waals surface area contributed by atoms with E-state index in [1.807, 2.05) is 32.9 Å². The van der Waals surface area contributed by atoms with Gasteiger partial charge in [0.2, 0.25) is 0 Å². The minimum atomic E-state index is 0.149. The molecule has 160 valence electrons. The largest absolute Gasteiger partial charge is 0.356 e. The maximum Gasteiger partial charge on any atom is 0.158 e. The molecule has 3 heteroatoms. The van der Waals surface area contributed by atoms with E-state index < -0.39 is 0 Å². The van der Waals surface area contributed by atoms with Crippen molar-refractivity contribution in [2.45, 2.75) is 52.5 Å². The first kappa shape index (κ1) is 27.3. The molecule has 0 unspecified atom stereocenters. The van der Waals surface area contributed by atoms with Crippen LogP contribution in [0.4, 0.5) is 0 Å². The summed E-state index contributed by atoms with van der Waals surface area (Å²) in [7, 11) is 0. The van der Waals surface area contributed by atoms with E-state index in [2.05, 4.69) is 87.2 Å². The van der Waals surface area contributed by atoms with Crippen molar-refractivity contribution in [1.29, 1.82) is 0 Å². The highest BCUT2D eigenvalue weighted by Crippen LogP contribution is 2.23. The van der Waals surface area contributed by atoms with Crippen molar-refractivity contribution in [2.75, 3.05) is 0 Å². The van der Waals surface area contributed by atoms with Crippen LogP contribution < -0.4 is 5.32 Å². The van der Waals surface area contributed by atoms with Crippen molar-refractivity contribution in [3.63, 3.8) is 0 Å². The van der Waals surface area contributed by atoms with Crippen molar-refractivity contribution in [2.24, 2.45) is 4.99 Å². The molecule has 2 nitrogen and oxygen atoms in total. The van der Waals surface area contributed by atoms with Crippen molar-refractivity contribution < 1.29 is 0 Å². The van der Waals surface area contributed by atoms with Gasteiger partial charge in [-0.3, -0.25) is 4.99 Å². The number of thioether (sulfide) groups is 1. The molecule has 0 bridgehead atoms. The average Bonchev–Trinajstić information content (AvgIpc) is 3.17. The summed E-state index contributed by atoms with van der Waals surface area (Å²) in [5.74, 6) is 3.13. The normalized spacial score (nSPS) is 17.7. The quantitative estimate of drug-likeness (QED) is 0.304. The van der Waals surface area contributed by atoms with Crippen LogP contribution in [0.2, 0.25) is 0 Å². The molecule has 2 rings (SSSR count). The van der Waals surface area contributed by atoms with E-state index in [0.29, 0.717) is 0 Å². The Labute approximate surface area is 188 Å². The Balaban J connectivity index is 0.00000125. The van der Waals surface area contributed by atoms with Gasteiger partial charge in [0.1, 0.15) is 0 Å². The van der Waals surface area contributed by atoms with Gasteiger partial charge in [-0.25, -0.2) is 0 Å². The zero-order valence-corrected chi connectivity index (χ0v) is 19.9. The van der Waals surface area contributed by atoms with Crippen molar-refractivity contribution >= 4 is 16.9 Å². The lowest BCUT2D eigenvalue weighted by atomic mass is 10.0. The summed E-state index contributed by atoms with van der Waals surface area (Å²) >= 11 is 1.77. The molecule has 1 aliphatic rings. The Morgan fingerprint density at radius 1 is 1.30 bits per heavy atom. The minimum absolute atomic E-state index is 0.149. The van der Waals surface area contributed by atoms with E-state index in [0.717, 1.165) is 10.9 Å². The Morgan fingerprint density at radius 2 is 2.00 bits per heavy atom. The summed E-state index contributed by atoms with van der Waals surface area (Å²) in [5, 5.41) is 4.56. The third-order valence-electron chi connectivity index (χ3n) is 3.94. The summed E-state index contributed by atoms with van der Waals surface area (Å²) in [6.07, 6.45) is 18.2. The van der Waals surface area contributed by atoms with Crippen LogP contribution >= 0.6 is 11.8 Å². The highest BCUT2D eigenvalue weighted by Gasteiger charge is 2.27. The van der Waals surface area contributed by atoms with E-state index in [9.17, 15) is 0 Å².